The average molecular weight is 736 g/mol. The van der Waals surface area contributed by atoms with Crippen molar-refractivity contribution in [2.75, 3.05) is 4.31 Å². The number of aryl methyl sites for hydroxylation is 2. The maximum absolute atomic E-state index is 14.7. The Balaban J connectivity index is 0.000000943. The van der Waals surface area contributed by atoms with Crippen LogP contribution in [0.5, 0.6) is 0 Å². The Hall–Kier alpha value is -5.58. The molecule has 4 aromatic carbocycles. The van der Waals surface area contributed by atoms with Crippen LogP contribution in [0.2, 0.25) is 0 Å². The summed E-state index contributed by atoms with van der Waals surface area (Å²) >= 11 is 0. The molecule has 1 aliphatic rings. The molecular formula is C35H30FN3O10S2. The number of esters is 1. The summed E-state index contributed by atoms with van der Waals surface area (Å²) in [4.78, 5) is 50.9. The van der Waals surface area contributed by atoms with Crippen LogP contribution in [0, 0.1) is 6.92 Å². The smallest absolute Gasteiger partial charge is 0.313 e. The van der Waals surface area contributed by atoms with Gasteiger partial charge in [0.05, 0.1) is 39.3 Å². The molecule has 2 heterocycles. The molecule has 1 aromatic heterocycles. The molecule has 264 valence electrons. The van der Waals surface area contributed by atoms with E-state index >= 15 is 0 Å². The highest BCUT2D eigenvalue weighted by Crippen LogP contribution is 2.33. The quantitative estimate of drug-likeness (QED) is 0.0646. The van der Waals surface area contributed by atoms with Crippen molar-refractivity contribution in [3.8, 4) is 0 Å². The number of pyridine rings is 1. The molecule has 1 N–H and O–H groups in total. The second kappa shape index (κ2) is 14.3. The summed E-state index contributed by atoms with van der Waals surface area (Å²) in [5.74, 6) is -3.51. The van der Waals surface area contributed by atoms with Gasteiger partial charge in [-0.1, -0.05) is 54.1 Å². The molecular weight excluding hydrogens is 706 g/mol. The van der Waals surface area contributed by atoms with Gasteiger partial charge in [-0.05, 0) is 55.8 Å². The van der Waals surface area contributed by atoms with Crippen LogP contribution in [0.25, 0.3) is 21.8 Å². The summed E-state index contributed by atoms with van der Waals surface area (Å²) < 4.78 is 72.0. The Morgan fingerprint density at radius 2 is 1.39 bits per heavy atom. The van der Waals surface area contributed by atoms with Crippen LogP contribution in [0.1, 0.15) is 40.7 Å². The first-order valence-electron chi connectivity index (χ1n) is 15.2. The highest BCUT2D eigenvalue weighted by molar-refractivity contribution is 7.93. The zero-order valence-electron chi connectivity index (χ0n) is 27.3. The zero-order valence-corrected chi connectivity index (χ0v) is 28.9. The fourth-order valence-electron chi connectivity index (χ4n) is 5.64. The van der Waals surface area contributed by atoms with Crippen molar-refractivity contribution in [1.29, 1.82) is 0 Å². The summed E-state index contributed by atoms with van der Waals surface area (Å²) in [5, 5.41) is 3.27. The third-order valence-electron chi connectivity index (χ3n) is 8.19. The molecule has 0 spiro atoms. The van der Waals surface area contributed by atoms with Crippen LogP contribution < -0.4 is 14.2 Å². The molecule has 0 bridgehead atoms. The molecule has 5 aromatic rings. The first-order chi connectivity index (χ1) is 24.0. The van der Waals surface area contributed by atoms with Gasteiger partial charge in [-0.2, -0.15) is 8.87 Å². The van der Waals surface area contributed by atoms with E-state index in [1.807, 2.05) is 42.8 Å². The van der Waals surface area contributed by atoms with Gasteiger partial charge >= 0.3 is 5.97 Å². The Bertz CT molecular complexity index is 2350. The summed E-state index contributed by atoms with van der Waals surface area (Å²) in [5.41, 5.74) is 3.10. The van der Waals surface area contributed by atoms with Crippen molar-refractivity contribution in [2.24, 2.45) is 7.05 Å². The van der Waals surface area contributed by atoms with Crippen molar-refractivity contribution < 1.29 is 53.8 Å². The Morgan fingerprint density at radius 1 is 0.882 bits per heavy atom. The highest BCUT2D eigenvalue weighted by Gasteiger charge is 2.37. The van der Waals surface area contributed by atoms with Crippen molar-refractivity contribution in [2.45, 2.75) is 37.2 Å². The minimum absolute atomic E-state index is 0.0630. The zero-order chi connectivity index (χ0) is 37.2. The van der Waals surface area contributed by atoms with E-state index in [1.165, 1.54) is 36.4 Å². The highest BCUT2D eigenvalue weighted by atomic mass is 32.3. The lowest BCUT2D eigenvalue weighted by Crippen LogP contribution is -2.39. The van der Waals surface area contributed by atoms with Gasteiger partial charge in [0, 0.05) is 12.1 Å². The normalized spacial score (nSPS) is 15.1. The standard InChI is InChI=1S/C35H29N3O7S.FHO3S/c1-21-12-18-25(19-13-21)46(43,44)38(24-16-14-23(15-17-24)22(2)35(42)45-30-20-31(39)36-33(30)40)34(41)32-26-8-4-6-10-28(26)37(3)29-11-7-5-9-27(29)32;1-5(2,3)4/h4-19,22,30H,20H2,1-3H3;(H,2,3,4). The third kappa shape index (κ3) is 7.93. The molecule has 2 unspecified atom stereocenters. The van der Waals surface area contributed by atoms with Gasteiger partial charge in [-0.15, -0.1) is 3.89 Å². The number of imide groups is 1. The van der Waals surface area contributed by atoms with E-state index in [-0.39, 0.29) is 22.6 Å². The molecule has 3 amide bonds. The van der Waals surface area contributed by atoms with Crippen LogP contribution in [0.15, 0.2) is 102 Å². The Labute approximate surface area is 292 Å². The summed E-state index contributed by atoms with van der Waals surface area (Å²) in [6.07, 6.45) is -1.45. The molecule has 6 rings (SSSR count). The number of carbonyl (C=O) groups is 4. The number of ether oxygens (including phenoxy) is 1. The fraction of sp³-hybridized carbons (Fsp3) is 0.171. The molecule has 0 aliphatic carbocycles. The monoisotopic (exact) mass is 735 g/mol. The summed E-state index contributed by atoms with van der Waals surface area (Å²) in [6, 6.07) is 26.9. The fourth-order valence-corrected chi connectivity index (χ4v) is 7.04. The van der Waals surface area contributed by atoms with Crippen molar-refractivity contribution in [1.82, 2.24) is 5.32 Å². The molecule has 1 fully saturated rings. The third-order valence-corrected chi connectivity index (χ3v) is 9.92. The number of halogens is 1. The molecule has 1 saturated heterocycles. The van der Waals surface area contributed by atoms with Crippen LogP contribution in [0.3, 0.4) is 0 Å². The molecule has 0 radical (unpaired) electrons. The molecule has 16 heteroatoms. The lowest BCUT2D eigenvalue weighted by atomic mass is 10.00. The maximum atomic E-state index is 14.7. The van der Waals surface area contributed by atoms with E-state index in [4.69, 9.17) is 17.7 Å². The average Bonchev–Trinajstić information content (AvgIpc) is 3.39. The minimum atomic E-state index is -5.42. The van der Waals surface area contributed by atoms with E-state index in [2.05, 4.69) is 5.32 Å². The van der Waals surface area contributed by atoms with Gasteiger partial charge in [-0.25, -0.2) is 16.8 Å². The second-order valence-electron chi connectivity index (χ2n) is 11.6. The largest absolute Gasteiger partial charge is 0.722 e. The second-order valence-corrected chi connectivity index (χ2v) is 14.2. The number of para-hydroxylation sites is 2. The van der Waals surface area contributed by atoms with Crippen LogP contribution >= 0.6 is 0 Å². The SMILES string of the molecule is Cc1ccc(S(=O)(=O)N(C(=O)c2c3ccccc3[n+](C)c3ccccc23)c2ccc(C(C)C(=O)OC3CC(=O)NC3=O)cc2)cc1.O=S(=O)([O-])F. The minimum Gasteiger partial charge on any atom is -0.722 e. The number of hydrogen-bond acceptors (Lipinski definition) is 10. The predicted octanol–water partition coefficient (Wildman–Crippen LogP) is 3.64. The van der Waals surface area contributed by atoms with E-state index in [0.29, 0.717) is 16.3 Å². The first kappa shape index (κ1) is 36.7. The van der Waals surface area contributed by atoms with E-state index in [9.17, 15) is 31.5 Å². The number of hydrogen-bond donors (Lipinski definition) is 1. The summed E-state index contributed by atoms with van der Waals surface area (Å²) in [7, 11) is -7.96. The molecule has 1 aliphatic heterocycles. The number of carbonyl (C=O) groups excluding carboxylic acids is 4. The van der Waals surface area contributed by atoms with E-state index in [0.717, 1.165) is 20.9 Å². The first-order valence-corrected chi connectivity index (χ1v) is 18.0. The lowest BCUT2D eigenvalue weighted by Gasteiger charge is -2.24. The summed E-state index contributed by atoms with van der Waals surface area (Å²) in [6.45, 7) is 3.41. The van der Waals surface area contributed by atoms with Gasteiger partial charge < -0.3 is 9.29 Å². The number of fused-ring (bicyclic) bond motifs is 2. The number of sulfonamides is 1. The van der Waals surface area contributed by atoms with E-state index in [1.54, 1.807) is 43.3 Å². The Morgan fingerprint density at radius 3 is 1.88 bits per heavy atom. The lowest BCUT2D eigenvalue weighted by molar-refractivity contribution is -0.617. The number of nitrogens with zero attached hydrogens (tertiary/aromatic N) is 2. The Kier molecular flexibility index (Phi) is 10.3. The van der Waals surface area contributed by atoms with Crippen molar-refractivity contribution in [3.05, 3.63) is 114 Å². The number of aromatic nitrogens is 1. The van der Waals surface area contributed by atoms with Gasteiger partial charge in [0.15, 0.2) is 6.10 Å². The van der Waals surface area contributed by atoms with Crippen LogP contribution in [0.4, 0.5) is 9.57 Å². The number of rotatable bonds is 7. The topological polar surface area (TPSA) is 188 Å². The predicted molar refractivity (Wildman–Crippen MR) is 181 cm³/mol. The number of nitrogens with one attached hydrogen (secondary N) is 1. The molecule has 13 nitrogen and oxygen atoms in total. The maximum Gasteiger partial charge on any atom is 0.313 e. The number of anilines is 1. The van der Waals surface area contributed by atoms with Gasteiger partial charge in [0.1, 0.15) is 7.05 Å². The van der Waals surface area contributed by atoms with Gasteiger partial charge in [0.2, 0.25) is 16.9 Å². The van der Waals surface area contributed by atoms with E-state index < -0.39 is 56.2 Å². The van der Waals surface area contributed by atoms with Crippen LogP contribution in [-0.2, 0) is 46.7 Å². The van der Waals surface area contributed by atoms with Crippen LogP contribution in [-0.4, -0.2) is 51.2 Å². The van der Waals surface area contributed by atoms with Crippen molar-refractivity contribution >= 4 is 71.7 Å². The van der Waals surface area contributed by atoms with Gasteiger partial charge in [0.25, 0.3) is 32.3 Å². The molecule has 51 heavy (non-hydrogen) atoms. The van der Waals surface area contributed by atoms with Crippen molar-refractivity contribution in [3.63, 3.8) is 0 Å². The van der Waals surface area contributed by atoms with Gasteiger partial charge in [-0.3, -0.25) is 24.5 Å². The molecule has 0 saturated carbocycles. The number of amides is 3. The number of benzene rings is 4. The molecule has 2 atom stereocenters.